The van der Waals surface area contributed by atoms with Gasteiger partial charge in [0.1, 0.15) is 0 Å². The normalized spacial score (nSPS) is 13.8. The van der Waals surface area contributed by atoms with Gasteiger partial charge in [-0.1, -0.05) is 0 Å². The van der Waals surface area contributed by atoms with Crippen molar-refractivity contribution in [3.8, 4) is 0 Å². The third-order valence-corrected chi connectivity index (χ3v) is 7.98. The van der Waals surface area contributed by atoms with E-state index in [1.165, 1.54) is 54.7 Å². The molecule has 1 aliphatic heterocycles. The van der Waals surface area contributed by atoms with Gasteiger partial charge in [-0.05, 0) is 0 Å². The second-order valence-electron chi connectivity index (χ2n) is 8.29. The van der Waals surface area contributed by atoms with E-state index in [1.807, 2.05) is 0 Å². The maximum atomic E-state index is 2.60. The number of aryl methyl sites for hydroxylation is 6. The van der Waals surface area contributed by atoms with Crippen LogP contribution >= 0.6 is 24.8 Å². The van der Waals surface area contributed by atoms with Crippen LogP contribution in [0.25, 0.3) is 0 Å². The van der Waals surface area contributed by atoms with Gasteiger partial charge < -0.3 is 0 Å². The molecule has 0 aliphatic carbocycles. The molecule has 3 rings (SSSR count). The van der Waals surface area contributed by atoms with E-state index in [1.54, 1.807) is 0 Å². The number of allylic oxidation sites excluding steroid dienone is 2. The number of nitrogens with zero attached hydrogens (tertiary/aromatic N) is 2. The van der Waals surface area contributed by atoms with Crippen molar-refractivity contribution in [1.82, 2.24) is 0 Å². The quantitative estimate of drug-likeness (QED) is 0.397. The molecule has 0 unspecified atom stereocenters. The Bertz CT molecular complexity index is 936. The van der Waals surface area contributed by atoms with Crippen LogP contribution < -0.4 is 9.80 Å². The van der Waals surface area contributed by atoms with Crippen LogP contribution in [0.1, 0.15) is 47.2 Å². The fourth-order valence-electron chi connectivity index (χ4n) is 4.42. The van der Waals surface area contributed by atoms with Gasteiger partial charge in [0.15, 0.2) is 0 Å². The zero-order chi connectivity index (χ0) is 21.3. The van der Waals surface area contributed by atoms with Crippen LogP contribution in [-0.2, 0) is 16.2 Å². The van der Waals surface area contributed by atoms with E-state index in [4.69, 9.17) is 0 Å². The number of benzene rings is 2. The first-order valence-corrected chi connectivity index (χ1v) is 12.2. The summed E-state index contributed by atoms with van der Waals surface area (Å²) in [6.07, 6.45) is 2.21. The van der Waals surface area contributed by atoms with Crippen molar-refractivity contribution >= 4 is 45.2 Å². The van der Waals surface area contributed by atoms with Crippen LogP contribution in [0.15, 0.2) is 35.9 Å². The van der Waals surface area contributed by atoms with E-state index < -0.39 is 0 Å². The average Bonchev–Trinajstić information content (AvgIpc) is 3.01. The van der Waals surface area contributed by atoms with E-state index in [9.17, 15) is 0 Å². The van der Waals surface area contributed by atoms with Crippen LogP contribution in [0.3, 0.4) is 0 Å². The Morgan fingerprint density at radius 3 is 1.42 bits per heavy atom. The van der Waals surface area contributed by atoms with Gasteiger partial charge in [0.2, 0.25) is 0 Å². The fraction of sp³-hybridized carbons (Fsp3) is 0.385. The molecule has 0 amide bonds. The molecule has 0 radical (unpaired) electrons. The molecule has 2 aromatic rings. The van der Waals surface area contributed by atoms with Gasteiger partial charge >= 0.3 is 184 Å². The van der Waals surface area contributed by atoms with E-state index in [2.05, 4.69) is 100 Å². The molecular formula is C26H36Cl2N2Ru. The first kappa shape index (κ1) is 27.8. The number of anilines is 2. The molecule has 1 saturated heterocycles. The smallest absolute Gasteiger partial charge is 0.147 e. The van der Waals surface area contributed by atoms with Crippen molar-refractivity contribution in [1.29, 1.82) is 0 Å². The van der Waals surface area contributed by atoms with Crippen molar-refractivity contribution in [3.63, 3.8) is 0 Å². The van der Waals surface area contributed by atoms with Gasteiger partial charge in [0, 0.05) is 0 Å². The van der Waals surface area contributed by atoms with Gasteiger partial charge in [-0.15, -0.1) is 24.8 Å². The molecular weight excluding hydrogens is 512 g/mol. The van der Waals surface area contributed by atoms with E-state index in [0.717, 1.165) is 13.1 Å². The first-order valence-electron chi connectivity index (χ1n) is 10.4. The molecule has 1 aliphatic rings. The second kappa shape index (κ2) is 11.5. The summed E-state index contributed by atoms with van der Waals surface area (Å²) >= 11 is -0.0328. The van der Waals surface area contributed by atoms with Crippen molar-refractivity contribution < 1.29 is 16.2 Å². The molecule has 31 heavy (non-hydrogen) atoms. The fourth-order valence-corrected chi connectivity index (χ4v) is 6.65. The Kier molecular flexibility index (Phi) is 10.3. The average molecular weight is 549 g/mol. The van der Waals surface area contributed by atoms with Gasteiger partial charge in [0.25, 0.3) is 0 Å². The molecule has 0 bridgehead atoms. The number of halogens is 2. The van der Waals surface area contributed by atoms with Crippen LogP contribution in [0, 0.1) is 41.5 Å². The molecule has 1 heterocycles. The Balaban J connectivity index is 0.00000240. The minimum absolute atomic E-state index is 0. The summed E-state index contributed by atoms with van der Waals surface area (Å²) in [7, 11) is 0. The Morgan fingerprint density at radius 1 is 0.742 bits per heavy atom. The molecule has 0 N–H and O–H groups in total. The van der Waals surface area contributed by atoms with Gasteiger partial charge in [-0.2, -0.15) is 0 Å². The first-order chi connectivity index (χ1) is 13.7. The van der Waals surface area contributed by atoms with E-state index >= 15 is 0 Å². The van der Waals surface area contributed by atoms with Crippen LogP contribution in [0.5, 0.6) is 0 Å². The molecule has 0 saturated carbocycles. The number of rotatable bonds is 3. The molecule has 0 spiro atoms. The molecule has 0 aromatic heterocycles. The van der Waals surface area contributed by atoms with Crippen molar-refractivity contribution in [2.24, 2.45) is 0 Å². The number of hydrogen-bond donors (Lipinski definition) is 0. The van der Waals surface area contributed by atoms with Gasteiger partial charge in [-0.3, -0.25) is 0 Å². The largest absolute Gasteiger partial charge is 0.147 e. The minimum atomic E-state index is -0.0328. The van der Waals surface area contributed by atoms with Crippen LogP contribution in [-0.4, -0.2) is 22.1 Å². The summed E-state index contributed by atoms with van der Waals surface area (Å²) < 4.78 is 3.92. The zero-order valence-electron chi connectivity index (χ0n) is 19.9. The summed E-state index contributed by atoms with van der Waals surface area (Å²) in [6.45, 7) is 19.9. The maximum Gasteiger partial charge on any atom is -0.147 e. The van der Waals surface area contributed by atoms with Gasteiger partial charge in [0.05, 0.1) is 0 Å². The molecule has 2 nitrogen and oxygen atoms in total. The number of hydrogen-bond acceptors (Lipinski definition) is 2. The third kappa shape index (κ3) is 5.95. The third-order valence-electron chi connectivity index (χ3n) is 5.55. The zero-order valence-corrected chi connectivity index (χ0v) is 23.3. The summed E-state index contributed by atoms with van der Waals surface area (Å²) in [5, 5.41) is 0. The van der Waals surface area contributed by atoms with E-state index in [-0.39, 0.29) is 41.0 Å². The Hall–Kier alpha value is -1.28. The monoisotopic (exact) mass is 548 g/mol. The molecule has 2 aromatic carbocycles. The van der Waals surface area contributed by atoms with Crippen LogP contribution in [0.4, 0.5) is 11.4 Å². The molecule has 172 valence electrons. The summed E-state index contributed by atoms with van der Waals surface area (Å²) in [5.74, 6) is 0. The predicted octanol–water partition coefficient (Wildman–Crippen LogP) is 6.65. The summed E-state index contributed by atoms with van der Waals surface area (Å²) in [6, 6.07) is 9.29. The van der Waals surface area contributed by atoms with Crippen LogP contribution in [0.2, 0.25) is 0 Å². The van der Waals surface area contributed by atoms with Crippen molar-refractivity contribution in [3.05, 3.63) is 69.3 Å². The molecule has 0 atom stereocenters. The minimum Gasteiger partial charge on any atom is -0.147 e. The molecule has 5 heteroatoms. The van der Waals surface area contributed by atoms with Crippen molar-refractivity contribution in [2.75, 3.05) is 22.9 Å². The van der Waals surface area contributed by atoms with E-state index in [0.29, 0.717) is 0 Å². The Labute approximate surface area is 208 Å². The topological polar surface area (TPSA) is 6.48 Å². The summed E-state index contributed by atoms with van der Waals surface area (Å²) in [5.41, 5.74) is 12.4. The Morgan fingerprint density at radius 2 is 1.10 bits per heavy atom. The van der Waals surface area contributed by atoms with Gasteiger partial charge in [-0.25, -0.2) is 0 Å². The maximum absolute atomic E-state index is 2.60. The predicted molar refractivity (Wildman–Crippen MR) is 141 cm³/mol. The molecule has 1 fully saturated rings. The van der Waals surface area contributed by atoms with Crippen molar-refractivity contribution in [2.45, 2.75) is 55.4 Å². The standard InChI is InChI=1S/C21H26N2.C5H8.2ClH.Ru/c1-14-9-16(3)20(17(4)10-14)22-7-8-23(13-22)21-18(5)11-15(2)12-19(21)6;1-4-5(2)3;;;/h9-12H,7-8H2,1-6H3;2,4H,1,3H3;2*1H;. The SMILES string of the molecule is CC=C(C)[CH]=[Ru]=[C]1N(c2c(C)cc(C)cc2C)CCN1c1c(C)cc(C)cc1C.Cl.Cl. The second-order valence-corrected chi connectivity index (χ2v) is 10.1. The summed E-state index contributed by atoms with van der Waals surface area (Å²) in [4.78, 5) is 5.20.